The Labute approximate surface area is 82.0 Å². The second-order valence-electron chi connectivity index (χ2n) is 2.50. The maximum Gasteiger partial charge on any atom is 0.157 e. The molecule has 0 spiro atoms. The van der Waals surface area contributed by atoms with Crippen molar-refractivity contribution in [2.24, 2.45) is 5.73 Å². The molecule has 0 unspecified atom stereocenters. The van der Waals surface area contributed by atoms with E-state index in [9.17, 15) is 5.11 Å². The number of nitrogens with two attached hydrogens (primary N) is 1. The molecule has 0 heterocycles. The van der Waals surface area contributed by atoms with Crippen molar-refractivity contribution in [3.63, 3.8) is 0 Å². The summed E-state index contributed by atoms with van der Waals surface area (Å²) in [5.74, 6) is -0.456. The number of aliphatic hydroxyl groups is 1. The Kier molecular flexibility index (Phi) is 4.55. The van der Waals surface area contributed by atoms with E-state index in [0.717, 1.165) is 0 Å². The minimum absolute atomic E-state index is 0. The van der Waals surface area contributed by atoms with E-state index in [1.165, 1.54) is 18.2 Å². The van der Waals surface area contributed by atoms with E-state index in [0.29, 0.717) is 5.56 Å². The first kappa shape index (κ1) is 12.0. The Morgan fingerprint density at radius 3 is 2.31 bits per heavy atom. The summed E-state index contributed by atoms with van der Waals surface area (Å²) in [6, 6.07) is 4.10. The van der Waals surface area contributed by atoms with Crippen LogP contribution in [0.25, 0.3) is 0 Å². The summed E-state index contributed by atoms with van der Waals surface area (Å²) in [5.41, 5.74) is 5.69. The van der Waals surface area contributed by atoms with E-state index >= 15 is 0 Å². The second kappa shape index (κ2) is 4.91. The number of halogens is 1. The SMILES string of the molecule is Cl.NC[C@H](O)c1ccc(O)c(O)c1. The molecular formula is C8H12ClNO3. The summed E-state index contributed by atoms with van der Waals surface area (Å²) in [6.07, 6.45) is -0.795. The van der Waals surface area contributed by atoms with Gasteiger partial charge in [0.05, 0.1) is 6.10 Å². The number of rotatable bonds is 2. The highest BCUT2D eigenvalue weighted by atomic mass is 35.5. The molecule has 1 atom stereocenters. The fourth-order valence-electron chi connectivity index (χ4n) is 0.884. The minimum atomic E-state index is -0.795. The van der Waals surface area contributed by atoms with Gasteiger partial charge in [-0.05, 0) is 17.7 Å². The molecule has 0 aliphatic rings. The maximum absolute atomic E-state index is 9.23. The average molecular weight is 206 g/mol. The molecule has 1 aromatic carbocycles. The first-order valence-electron chi connectivity index (χ1n) is 3.55. The number of hydrogen-bond donors (Lipinski definition) is 4. The third-order valence-electron chi connectivity index (χ3n) is 1.61. The van der Waals surface area contributed by atoms with Gasteiger partial charge in [-0.2, -0.15) is 0 Å². The molecule has 4 nitrogen and oxygen atoms in total. The predicted octanol–water partition coefficient (Wildman–Crippen LogP) is 0.512. The number of benzene rings is 1. The molecule has 0 aliphatic heterocycles. The summed E-state index contributed by atoms with van der Waals surface area (Å²) >= 11 is 0. The predicted molar refractivity (Wildman–Crippen MR) is 51.0 cm³/mol. The molecule has 0 amide bonds. The molecule has 0 aromatic heterocycles. The van der Waals surface area contributed by atoms with Crippen LogP contribution in [0.15, 0.2) is 18.2 Å². The molecule has 0 saturated heterocycles. The van der Waals surface area contributed by atoms with Gasteiger partial charge in [0.1, 0.15) is 0 Å². The Morgan fingerprint density at radius 2 is 1.85 bits per heavy atom. The van der Waals surface area contributed by atoms with E-state index in [1.54, 1.807) is 0 Å². The minimum Gasteiger partial charge on any atom is -0.504 e. The van der Waals surface area contributed by atoms with Crippen molar-refractivity contribution in [2.45, 2.75) is 6.10 Å². The van der Waals surface area contributed by atoms with Gasteiger partial charge in [0, 0.05) is 6.54 Å². The molecule has 0 radical (unpaired) electrons. The first-order valence-corrected chi connectivity index (χ1v) is 3.55. The summed E-state index contributed by atoms with van der Waals surface area (Å²) in [7, 11) is 0. The Bertz CT molecular complexity index is 280. The van der Waals surface area contributed by atoms with Gasteiger partial charge < -0.3 is 21.1 Å². The van der Waals surface area contributed by atoms with Gasteiger partial charge in [-0.25, -0.2) is 0 Å². The van der Waals surface area contributed by atoms with Gasteiger partial charge in [-0.3, -0.25) is 0 Å². The quantitative estimate of drug-likeness (QED) is 0.530. The lowest BCUT2D eigenvalue weighted by Gasteiger charge is -2.08. The van der Waals surface area contributed by atoms with Gasteiger partial charge in [-0.15, -0.1) is 12.4 Å². The largest absolute Gasteiger partial charge is 0.504 e. The molecule has 74 valence electrons. The lowest BCUT2D eigenvalue weighted by atomic mass is 10.1. The third-order valence-corrected chi connectivity index (χ3v) is 1.61. The van der Waals surface area contributed by atoms with Crippen LogP contribution in [-0.4, -0.2) is 21.9 Å². The van der Waals surface area contributed by atoms with Crippen LogP contribution >= 0.6 is 12.4 Å². The molecule has 5 N–H and O–H groups in total. The zero-order valence-electron chi connectivity index (χ0n) is 6.84. The Hall–Kier alpha value is -0.970. The normalized spacial score (nSPS) is 11.8. The van der Waals surface area contributed by atoms with Crippen molar-refractivity contribution in [1.29, 1.82) is 0 Å². The standard InChI is InChI=1S/C8H11NO3.ClH/c9-4-8(12)5-1-2-6(10)7(11)3-5;/h1-3,8,10-12H,4,9H2;1H/t8-;/m0./s1. The molecule has 1 aromatic rings. The highest BCUT2D eigenvalue weighted by Gasteiger charge is 2.07. The van der Waals surface area contributed by atoms with Gasteiger partial charge >= 0.3 is 0 Å². The van der Waals surface area contributed by atoms with Crippen molar-refractivity contribution < 1.29 is 15.3 Å². The molecule has 5 heteroatoms. The van der Waals surface area contributed by atoms with E-state index in [-0.39, 0.29) is 30.5 Å². The number of hydrogen-bond acceptors (Lipinski definition) is 4. The van der Waals surface area contributed by atoms with Crippen LogP contribution in [0.2, 0.25) is 0 Å². The molecule has 0 bridgehead atoms. The number of aliphatic hydroxyl groups excluding tert-OH is 1. The lowest BCUT2D eigenvalue weighted by Crippen LogP contribution is -2.11. The molecule has 0 fully saturated rings. The third kappa shape index (κ3) is 2.77. The summed E-state index contributed by atoms with van der Waals surface area (Å²) in [6.45, 7) is 0.0875. The van der Waals surface area contributed by atoms with Crippen molar-refractivity contribution in [1.82, 2.24) is 0 Å². The van der Waals surface area contributed by atoms with Crippen LogP contribution in [0.3, 0.4) is 0 Å². The molecule has 0 aliphatic carbocycles. The van der Waals surface area contributed by atoms with Crippen molar-refractivity contribution in [3.8, 4) is 11.5 Å². The van der Waals surface area contributed by atoms with Gasteiger partial charge in [-0.1, -0.05) is 6.07 Å². The van der Waals surface area contributed by atoms with E-state index in [4.69, 9.17) is 15.9 Å². The smallest absolute Gasteiger partial charge is 0.157 e. The number of phenolic OH excluding ortho intramolecular Hbond substituents is 2. The van der Waals surface area contributed by atoms with Crippen LogP contribution in [0, 0.1) is 0 Å². The van der Waals surface area contributed by atoms with Gasteiger partial charge in [0.25, 0.3) is 0 Å². The highest BCUT2D eigenvalue weighted by Crippen LogP contribution is 2.27. The van der Waals surface area contributed by atoms with Crippen LogP contribution in [-0.2, 0) is 0 Å². The van der Waals surface area contributed by atoms with E-state index in [2.05, 4.69) is 0 Å². The van der Waals surface area contributed by atoms with E-state index in [1.807, 2.05) is 0 Å². The number of phenols is 2. The molecule has 1 rings (SSSR count). The maximum atomic E-state index is 9.23. The number of aromatic hydroxyl groups is 2. The Balaban J connectivity index is 0.00000144. The zero-order valence-corrected chi connectivity index (χ0v) is 7.66. The summed E-state index contributed by atoms with van der Waals surface area (Å²) < 4.78 is 0. The van der Waals surface area contributed by atoms with Gasteiger partial charge in [0.15, 0.2) is 11.5 Å². The van der Waals surface area contributed by atoms with Gasteiger partial charge in [0.2, 0.25) is 0 Å². The monoisotopic (exact) mass is 205 g/mol. The second-order valence-corrected chi connectivity index (χ2v) is 2.50. The summed E-state index contributed by atoms with van der Waals surface area (Å²) in [4.78, 5) is 0. The molecule has 0 saturated carbocycles. The van der Waals surface area contributed by atoms with Crippen molar-refractivity contribution in [3.05, 3.63) is 23.8 Å². The Morgan fingerprint density at radius 1 is 1.23 bits per heavy atom. The van der Waals surface area contributed by atoms with Crippen LogP contribution < -0.4 is 5.73 Å². The van der Waals surface area contributed by atoms with Crippen LogP contribution in [0.4, 0.5) is 0 Å². The average Bonchev–Trinajstić information content (AvgIpc) is 2.08. The van der Waals surface area contributed by atoms with E-state index < -0.39 is 6.10 Å². The van der Waals surface area contributed by atoms with Crippen molar-refractivity contribution >= 4 is 12.4 Å². The van der Waals surface area contributed by atoms with Crippen LogP contribution in [0.5, 0.6) is 11.5 Å². The highest BCUT2D eigenvalue weighted by molar-refractivity contribution is 5.85. The van der Waals surface area contributed by atoms with Crippen molar-refractivity contribution in [2.75, 3.05) is 6.54 Å². The lowest BCUT2D eigenvalue weighted by molar-refractivity contribution is 0.186. The fraction of sp³-hybridized carbons (Fsp3) is 0.250. The zero-order chi connectivity index (χ0) is 9.14. The molecule has 13 heavy (non-hydrogen) atoms. The first-order chi connectivity index (χ1) is 5.65. The molecular weight excluding hydrogens is 194 g/mol. The summed E-state index contributed by atoms with van der Waals surface area (Å²) in [5, 5.41) is 27.2. The van der Waals surface area contributed by atoms with Crippen LogP contribution in [0.1, 0.15) is 11.7 Å². The topological polar surface area (TPSA) is 86.7 Å². The fourth-order valence-corrected chi connectivity index (χ4v) is 0.884.